The van der Waals surface area contributed by atoms with E-state index >= 15 is 4.39 Å². The maximum atomic E-state index is 15.6. The number of carbonyl (C=O) groups is 3. The van der Waals surface area contributed by atoms with E-state index in [1.54, 1.807) is 19.1 Å². The van der Waals surface area contributed by atoms with Crippen molar-refractivity contribution in [3.05, 3.63) is 77.3 Å². The second-order valence-corrected chi connectivity index (χ2v) is 13.3. The van der Waals surface area contributed by atoms with Crippen molar-refractivity contribution in [2.45, 2.75) is 31.2 Å². The molecule has 0 saturated heterocycles. The Morgan fingerprint density at radius 1 is 1.04 bits per heavy atom. The largest absolute Gasteiger partial charge is 0.494 e. The predicted molar refractivity (Wildman–Crippen MR) is 174 cm³/mol. The first-order chi connectivity index (χ1) is 22.8. The van der Waals surface area contributed by atoms with Crippen LogP contribution >= 0.6 is 0 Å². The molecule has 1 saturated carbocycles. The van der Waals surface area contributed by atoms with Gasteiger partial charge in [-0.2, -0.15) is 0 Å². The lowest BCUT2D eigenvalue weighted by Gasteiger charge is -2.20. The summed E-state index contributed by atoms with van der Waals surface area (Å²) in [7, 11) is 0.819. The molecule has 4 aromatic rings. The Balaban J connectivity index is 1.44. The van der Waals surface area contributed by atoms with Crippen molar-refractivity contribution >= 4 is 44.8 Å². The number of benzene rings is 1. The van der Waals surface area contributed by atoms with E-state index in [4.69, 9.17) is 4.74 Å². The topological polar surface area (TPSA) is 185 Å². The van der Waals surface area contributed by atoms with Crippen LogP contribution in [0.1, 0.15) is 45.1 Å². The van der Waals surface area contributed by atoms with E-state index in [-0.39, 0.29) is 46.2 Å². The van der Waals surface area contributed by atoms with Gasteiger partial charge in [-0.3, -0.25) is 19.4 Å². The van der Waals surface area contributed by atoms with Gasteiger partial charge in [-0.1, -0.05) is 6.07 Å². The number of anilines is 3. The number of rotatable bonds is 11. The molecule has 0 aliphatic heterocycles. The standard InChI is InChI=1S/C32H33FN8O6S/c1-17-6-9-23(37-24-14-25(38-30(42)18-7-8-18)39-40-28(24)31(43)34-2)29(47-4)26(17)19-12-22(33)27(36-15-19)32(44)41(3)16-20-13-21(10-11-35-20)48(5,45)46/h6,9-15,18H,7-8,16H2,1-5H3,(H,34,43)(H2,37,38,39,42). The minimum atomic E-state index is -3.49. The quantitative estimate of drug-likeness (QED) is 0.211. The number of nitrogens with one attached hydrogen (secondary N) is 3. The first kappa shape index (κ1) is 33.8. The summed E-state index contributed by atoms with van der Waals surface area (Å²) in [4.78, 5) is 47.6. The number of hydrogen-bond acceptors (Lipinski definition) is 11. The van der Waals surface area contributed by atoms with E-state index in [1.807, 2.05) is 0 Å². The molecule has 3 heterocycles. The molecule has 1 aliphatic rings. The molecule has 3 amide bonds. The second-order valence-electron chi connectivity index (χ2n) is 11.3. The van der Waals surface area contributed by atoms with E-state index in [2.05, 4.69) is 36.1 Å². The van der Waals surface area contributed by atoms with Crippen molar-refractivity contribution in [1.82, 2.24) is 30.4 Å². The number of sulfone groups is 1. The summed E-state index contributed by atoms with van der Waals surface area (Å²) >= 11 is 0. The number of nitrogens with zero attached hydrogens (tertiary/aromatic N) is 5. The number of aryl methyl sites for hydroxylation is 1. The Kier molecular flexibility index (Phi) is 9.65. The summed E-state index contributed by atoms with van der Waals surface area (Å²) in [5, 5.41) is 16.4. The van der Waals surface area contributed by atoms with Crippen molar-refractivity contribution in [3.8, 4) is 16.9 Å². The molecule has 0 unspecified atom stereocenters. The Bertz CT molecular complexity index is 2040. The van der Waals surface area contributed by atoms with E-state index in [0.29, 0.717) is 28.1 Å². The van der Waals surface area contributed by atoms with Crippen molar-refractivity contribution < 1.29 is 31.9 Å². The third-order valence-electron chi connectivity index (χ3n) is 7.57. The van der Waals surface area contributed by atoms with Gasteiger partial charge in [0, 0.05) is 55.9 Å². The fourth-order valence-electron chi connectivity index (χ4n) is 4.90. The van der Waals surface area contributed by atoms with Crippen LogP contribution in [0.4, 0.5) is 21.6 Å². The molecule has 0 spiro atoms. The third kappa shape index (κ3) is 7.38. The summed E-state index contributed by atoms with van der Waals surface area (Å²) < 4.78 is 45.1. The van der Waals surface area contributed by atoms with Crippen molar-refractivity contribution in [3.63, 3.8) is 0 Å². The van der Waals surface area contributed by atoms with Crippen LogP contribution in [0, 0.1) is 18.7 Å². The Morgan fingerprint density at radius 3 is 2.44 bits per heavy atom. The first-order valence-corrected chi connectivity index (χ1v) is 16.6. The molecular weight excluding hydrogens is 643 g/mol. The maximum Gasteiger partial charge on any atom is 0.275 e. The Labute approximate surface area is 276 Å². The smallest absolute Gasteiger partial charge is 0.275 e. The first-order valence-electron chi connectivity index (χ1n) is 14.7. The van der Waals surface area contributed by atoms with Crippen LogP contribution in [0.25, 0.3) is 11.1 Å². The highest BCUT2D eigenvalue weighted by atomic mass is 32.2. The second kappa shape index (κ2) is 13.7. The van der Waals surface area contributed by atoms with Gasteiger partial charge in [0.1, 0.15) is 5.75 Å². The average molecular weight is 677 g/mol. The van der Waals surface area contributed by atoms with Gasteiger partial charge in [0.05, 0.1) is 35.6 Å². The Hall–Kier alpha value is -5.51. The molecule has 1 aromatic carbocycles. The normalized spacial score (nSPS) is 12.6. The van der Waals surface area contributed by atoms with Crippen LogP contribution < -0.4 is 20.7 Å². The molecule has 1 aliphatic carbocycles. The van der Waals surface area contributed by atoms with Gasteiger partial charge in [0.15, 0.2) is 32.9 Å². The summed E-state index contributed by atoms with van der Waals surface area (Å²) in [5.74, 6) is -1.96. The minimum Gasteiger partial charge on any atom is -0.494 e. The highest BCUT2D eigenvalue weighted by Crippen LogP contribution is 2.41. The molecule has 14 nitrogen and oxygen atoms in total. The van der Waals surface area contributed by atoms with E-state index in [0.717, 1.165) is 19.1 Å². The SMILES string of the molecule is CNC(=O)c1nnc(NC(=O)C2CC2)cc1Nc1ccc(C)c(-c2cnc(C(=O)N(C)Cc3cc(S(C)(=O)=O)ccn3)c(F)c2)c1OC. The number of pyridine rings is 2. The van der Waals surface area contributed by atoms with E-state index in [9.17, 15) is 22.8 Å². The van der Waals surface area contributed by atoms with E-state index < -0.39 is 33.2 Å². The molecule has 3 aromatic heterocycles. The zero-order valence-electron chi connectivity index (χ0n) is 26.8. The molecule has 0 radical (unpaired) electrons. The predicted octanol–water partition coefficient (Wildman–Crippen LogP) is 3.52. The van der Waals surface area contributed by atoms with Crippen LogP contribution in [0.15, 0.2) is 53.7 Å². The third-order valence-corrected chi connectivity index (χ3v) is 8.68. The summed E-state index contributed by atoms with van der Waals surface area (Å²) in [6.07, 6.45) is 5.33. The molecular formula is C32H33FN8O6S. The molecule has 16 heteroatoms. The highest BCUT2D eigenvalue weighted by molar-refractivity contribution is 7.90. The van der Waals surface area contributed by atoms with Crippen LogP contribution in [0.5, 0.6) is 5.75 Å². The van der Waals surface area contributed by atoms with Gasteiger partial charge >= 0.3 is 0 Å². The van der Waals surface area contributed by atoms with Gasteiger partial charge in [-0.25, -0.2) is 17.8 Å². The molecule has 5 rings (SSSR count). The van der Waals surface area contributed by atoms with E-state index in [1.165, 1.54) is 62.8 Å². The zero-order chi connectivity index (χ0) is 34.7. The fraction of sp³-hybridized carbons (Fsp3) is 0.281. The summed E-state index contributed by atoms with van der Waals surface area (Å²) in [6, 6.07) is 8.82. The van der Waals surface area contributed by atoms with Crippen LogP contribution in [-0.4, -0.2) is 78.7 Å². The van der Waals surface area contributed by atoms with Crippen LogP contribution in [-0.2, 0) is 21.2 Å². The molecule has 250 valence electrons. The zero-order valence-corrected chi connectivity index (χ0v) is 27.6. The summed E-state index contributed by atoms with van der Waals surface area (Å²) in [5.41, 5.74) is 1.92. The number of carbonyl (C=O) groups excluding carboxylic acids is 3. The van der Waals surface area contributed by atoms with Gasteiger partial charge in [0.25, 0.3) is 11.8 Å². The number of aromatic nitrogens is 4. The lowest BCUT2D eigenvalue weighted by Crippen LogP contribution is -2.28. The number of amides is 3. The van der Waals surface area contributed by atoms with Crippen LogP contribution in [0.3, 0.4) is 0 Å². The minimum absolute atomic E-state index is 0.0379. The van der Waals surface area contributed by atoms with Gasteiger partial charge in [-0.15, -0.1) is 10.2 Å². The van der Waals surface area contributed by atoms with Crippen molar-refractivity contribution in [2.75, 3.05) is 38.1 Å². The van der Waals surface area contributed by atoms with Gasteiger partial charge in [-0.05, 0) is 49.6 Å². The summed E-state index contributed by atoms with van der Waals surface area (Å²) in [6.45, 7) is 1.71. The lowest BCUT2D eigenvalue weighted by atomic mass is 9.99. The fourth-order valence-corrected chi connectivity index (χ4v) is 5.56. The highest BCUT2D eigenvalue weighted by Gasteiger charge is 2.30. The molecule has 0 bridgehead atoms. The van der Waals surface area contributed by atoms with Crippen molar-refractivity contribution in [2.24, 2.45) is 5.92 Å². The molecule has 0 atom stereocenters. The molecule has 48 heavy (non-hydrogen) atoms. The number of methoxy groups -OCH3 is 1. The molecule has 1 fully saturated rings. The monoisotopic (exact) mass is 676 g/mol. The number of ether oxygens (including phenoxy) is 1. The molecule has 3 N–H and O–H groups in total. The average Bonchev–Trinajstić information content (AvgIpc) is 3.91. The van der Waals surface area contributed by atoms with Crippen molar-refractivity contribution in [1.29, 1.82) is 0 Å². The number of halogens is 1. The maximum absolute atomic E-state index is 15.6. The van der Waals surface area contributed by atoms with Crippen LogP contribution in [0.2, 0.25) is 0 Å². The van der Waals surface area contributed by atoms with Gasteiger partial charge in [0.2, 0.25) is 5.91 Å². The van der Waals surface area contributed by atoms with Gasteiger partial charge < -0.3 is 25.6 Å². The Morgan fingerprint density at radius 2 is 1.79 bits per heavy atom. The number of hydrogen-bond donors (Lipinski definition) is 3. The lowest BCUT2D eigenvalue weighted by molar-refractivity contribution is -0.117.